The first-order chi connectivity index (χ1) is 14.7. The number of sulfonamides is 1. The van der Waals surface area contributed by atoms with E-state index >= 15 is 0 Å². The fraction of sp³-hybridized carbons (Fsp3) is 0.333. The van der Waals surface area contributed by atoms with Gasteiger partial charge in [-0.1, -0.05) is 43.1 Å². The Morgan fingerprint density at radius 3 is 2.48 bits per heavy atom. The maximum atomic E-state index is 14.5. The van der Waals surface area contributed by atoms with Gasteiger partial charge in [-0.25, -0.2) is 12.8 Å². The zero-order chi connectivity index (χ0) is 22.8. The van der Waals surface area contributed by atoms with Crippen LogP contribution in [0, 0.1) is 5.82 Å². The predicted molar refractivity (Wildman–Crippen MR) is 118 cm³/mol. The lowest BCUT2D eigenvalue weighted by Crippen LogP contribution is -2.32. The summed E-state index contributed by atoms with van der Waals surface area (Å²) in [6.07, 6.45) is 0.408. The molecule has 0 spiro atoms. The van der Waals surface area contributed by atoms with Gasteiger partial charge in [0.15, 0.2) is 11.6 Å². The second-order valence-corrected chi connectivity index (χ2v) is 9.41. The highest BCUT2D eigenvalue weighted by molar-refractivity contribution is 7.92. The molecule has 0 aliphatic carbocycles. The van der Waals surface area contributed by atoms with Gasteiger partial charge in [-0.05, 0) is 31.5 Å². The molecule has 1 N–H and O–H groups in total. The van der Waals surface area contributed by atoms with E-state index in [-0.39, 0.29) is 33.8 Å². The number of aliphatic hydroxyl groups is 1. The molecule has 10 heteroatoms. The van der Waals surface area contributed by atoms with Crippen molar-refractivity contribution >= 4 is 27.3 Å². The van der Waals surface area contributed by atoms with Crippen molar-refractivity contribution < 1.29 is 17.9 Å². The molecule has 0 aliphatic heterocycles. The monoisotopic (exact) mass is 466 g/mol. The van der Waals surface area contributed by atoms with Crippen molar-refractivity contribution in [3.8, 4) is 11.4 Å². The standard InChI is InChI=1S/C21H24ClFN4O3S/c1-4-5-11-27(31(29,30)15-9-7-6-8-10-15)19-13-18(23)17(22)12-16(19)21-25-24-20(14(2)28)26(21)3/h6-10,12-14,28H,4-5,11H2,1-3H3. The number of halogens is 2. The maximum absolute atomic E-state index is 14.5. The fourth-order valence-electron chi connectivity index (χ4n) is 3.25. The van der Waals surface area contributed by atoms with Gasteiger partial charge in [0, 0.05) is 25.2 Å². The third-order valence-corrected chi connectivity index (χ3v) is 6.99. The van der Waals surface area contributed by atoms with Crippen molar-refractivity contribution in [2.24, 2.45) is 7.05 Å². The Kier molecular flexibility index (Phi) is 6.98. The maximum Gasteiger partial charge on any atom is 0.264 e. The van der Waals surface area contributed by atoms with Gasteiger partial charge in [-0.15, -0.1) is 10.2 Å². The Bertz CT molecular complexity index is 1170. The van der Waals surface area contributed by atoms with E-state index < -0.39 is 21.9 Å². The van der Waals surface area contributed by atoms with Crippen LogP contribution in [-0.4, -0.2) is 34.8 Å². The minimum absolute atomic E-state index is 0.0926. The summed E-state index contributed by atoms with van der Waals surface area (Å²) in [5.41, 5.74) is 0.399. The van der Waals surface area contributed by atoms with Gasteiger partial charge < -0.3 is 9.67 Å². The summed E-state index contributed by atoms with van der Waals surface area (Å²) < 4.78 is 44.3. The number of nitrogens with zero attached hydrogens (tertiary/aromatic N) is 4. The lowest BCUT2D eigenvalue weighted by atomic mass is 10.1. The fourth-order valence-corrected chi connectivity index (χ4v) is 4.95. The van der Waals surface area contributed by atoms with Crippen LogP contribution >= 0.6 is 11.6 Å². The third kappa shape index (κ3) is 4.58. The number of benzene rings is 2. The van der Waals surface area contributed by atoms with Crippen LogP contribution in [0.3, 0.4) is 0 Å². The average Bonchev–Trinajstić information content (AvgIpc) is 3.12. The van der Waals surface area contributed by atoms with Crippen LogP contribution < -0.4 is 4.31 Å². The summed E-state index contributed by atoms with van der Waals surface area (Å²) in [4.78, 5) is 0.0926. The molecule has 0 saturated heterocycles. The van der Waals surface area contributed by atoms with Gasteiger partial charge in [0.2, 0.25) is 0 Å². The van der Waals surface area contributed by atoms with Crippen molar-refractivity contribution in [1.29, 1.82) is 0 Å². The molecule has 1 heterocycles. The highest BCUT2D eigenvalue weighted by atomic mass is 35.5. The van der Waals surface area contributed by atoms with Crippen molar-refractivity contribution in [1.82, 2.24) is 14.8 Å². The van der Waals surface area contributed by atoms with E-state index in [1.807, 2.05) is 6.92 Å². The number of aromatic nitrogens is 3. The molecular weight excluding hydrogens is 443 g/mol. The Morgan fingerprint density at radius 1 is 1.23 bits per heavy atom. The van der Waals surface area contributed by atoms with Gasteiger partial charge in [-0.3, -0.25) is 4.31 Å². The summed E-state index contributed by atoms with van der Waals surface area (Å²) in [5, 5.41) is 17.8. The number of unbranched alkanes of at least 4 members (excludes halogenated alkanes) is 1. The molecular formula is C21H24ClFN4O3S. The Hall–Kier alpha value is -2.49. The smallest absolute Gasteiger partial charge is 0.264 e. The second-order valence-electron chi connectivity index (χ2n) is 7.14. The van der Waals surface area contributed by atoms with Gasteiger partial charge >= 0.3 is 0 Å². The van der Waals surface area contributed by atoms with Crippen molar-refractivity contribution in [3.63, 3.8) is 0 Å². The molecule has 2 aromatic carbocycles. The molecule has 31 heavy (non-hydrogen) atoms. The molecule has 3 rings (SSSR count). The molecule has 0 amide bonds. The van der Waals surface area contributed by atoms with Crippen LogP contribution in [0.1, 0.15) is 38.6 Å². The number of hydrogen-bond donors (Lipinski definition) is 1. The average molecular weight is 467 g/mol. The zero-order valence-electron chi connectivity index (χ0n) is 17.5. The summed E-state index contributed by atoms with van der Waals surface area (Å²) in [7, 11) is -2.35. The number of anilines is 1. The van der Waals surface area contributed by atoms with Crippen LogP contribution in [0.4, 0.5) is 10.1 Å². The molecule has 0 aliphatic rings. The summed E-state index contributed by atoms with van der Waals surface area (Å²) in [6, 6.07) is 10.4. The Labute approximate surface area is 186 Å². The normalized spacial score (nSPS) is 12.7. The van der Waals surface area contributed by atoms with Crippen LogP contribution in [0.25, 0.3) is 11.4 Å². The molecule has 7 nitrogen and oxygen atoms in total. The third-order valence-electron chi connectivity index (χ3n) is 4.88. The lowest BCUT2D eigenvalue weighted by Gasteiger charge is -2.27. The SMILES string of the molecule is CCCCN(c1cc(F)c(Cl)cc1-c1nnc(C(C)O)n1C)S(=O)(=O)c1ccccc1. The minimum atomic E-state index is -3.99. The number of hydrogen-bond acceptors (Lipinski definition) is 5. The molecule has 0 saturated carbocycles. The molecule has 0 bridgehead atoms. The van der Waals surface area contributed by atoms with Crippen LogP contribution in [0.2, 0.25) is 5.02 Å². The number of aliphatic hydroxyl groups excluding tert-OH is 1. The Balaban J connectivity index is 2.26. The van der Waals surface area contributed by atoms with E-state index in [1.54, 1.807) is 32.2 Å². The summed E-state index contributed by atoms with van der Waals surface area (Å²) in [5.74, 6) is -0.201. The molecule has 1 aromatic heterocycles. The molecule has 0 fully saturated rings. The molecule has 0 radical (unpaired) electrons. The van der Waals surface area contributed by atoms with Gasteiger partial charge in [0.25, 0.3) is 10.0 Å². The molecule has 3 aromatic rings. The first-order valence-corrected chi connectivity index (χ1v) is 11.6. The first kappa shape index (κ1) is 23.2. The van der Waals surface area contributed by atoms with Crippen molar-refractivity contribution in [2.75, 3.05) is 10.8 Å². The second kappa shape index (κ2) is 9.33. The first-order valence-electron chi connectivity index (χ1n) is 9.83. The molecule has 1 atom stereocenters. The lowest BCUT2D eigenvalue weighted by molar-refractivity contribution is 0.185. The van der Waals surface area contributed by atoms with Gasteiger partial charge in [0.05, 0.1) is 15.6 Å². The zero-order valence-corrected chi connectivity index (χ0v) is 19.0. The number of rotatable bonds is 8. The van der Waals surface area contributed by atoms with Crippen LogP contribution in [0.5, 0.6) is 0 Å². The largest absolute Gasteiger partial charge is 0.385 e. The minimum Gasteiger partial charge on any atom is -0.385 e. The topological polar surface area (TPSA) is 88.3 Å². The summed E-state index contributed by atoms with van der Waals surface area (Å²) >= 11 is 6.05. The quantitative estimate of drug-likeness (QED) is 0.534. The van der Waals surface area contributed by atoms with E-state index in [0.717, 1.165) is 12.5 Å². The van der Waals surface area contributed by atoms with E-state index in [1.165, 1.54) is 27.1 Å². The van der Waals surface area contributed by atoms with E-state index in [4.69, 9.17) is 11.6 Å². The van der Waals surface area contributed by atoms with E-state index in [2.05, 4.69) is 10.2 Å². The van der Waals surface area contributed by atoms with Crippen LogP contribution in [-0.2, 0) is 17.1 Å². The highest BCUT2D eigenvalue weighted by Gasteiger charge is 2.29. The van der Waals surface area contributed by atoms with Crippen molar-refractivity contribution in [2.45, 2.75) is 37.7 Å². The molecule has 1 unspecified atom stereocenters. The van der Waals surface area contributed by atoms with E-state index in [9.17, 15) is 17.9 Å². The summed E-state index contributed by atoms with van der Waals surface area (Å²) in [6.45, 7) is 3.62. The highest BCUT2D eigenvalue weighted by Crippen LogP contribution is 2.37. The Morgan fingerprint density at radius 2 is 1.90 bits per heavy atom. The van der Waals surface area contributed by atoms with Gasteiger partial charge in [-0.2, -0.15) is 0 Å². The molecule has 166 valence electrons. The van der Waals surface area contributed by atoms with Crippen LogP contribution in [0.15, 0.2) is 47.4 Å². The van der Waals surface area contributed by atoms with Gasteiger partial charge in [0.1, 0.15) is 11.9 Å². The van der Waals surface area contributed by atoms with E-state index in [0.29, 0.717) is 12.0 Å². The predicted octanol–water partition coefficient (Wildman–Crippen LogP) is 4.32. The van der Waals surface area contributed by atoms with Crippen molar-refractivity contribution in [3.05, 3.63) is 59.1 Å².